The predicted molar refractivity (Wildman–Crippen MR) is 92.5 cm³/mol. The van der Waals surface area contributed by atoms with Gasteiger partial charge < -0.3 is 10.1 Å². The highest BCUT2D eigenvalue weighted by Crippen LogP contribution is 2.22. The lowest BCUT2D eigenvalue weighted by Gasteiger charge is -2.14. The van der Waals surface area contributed by atoms with Crippen molar-refractivity contribution in [3.05, 3.63) is 69.0 Å². The van der Waals surface area contributed by atoms with Crippen molar-refractivity contribution in [2.75, 3.05) is 5.32 Å². The van der Waals surface area contributed by atoms with Crippen molar-refractivity contribution in [2.45, 2.75) is 26.9 Å². The summed E-state index contributed by atoms with van der Waals surface area (Å²) in [6.07, 6.45) is -1.15. The summed E-state index contributed by atoms with van der Waals surface area (Å²) in [5.74, 6) is -2.36. The minimum atomic E-state index is -1.15. The number of carbonyl (C=O) groups excluding carboxylic acids is 2. The fourth-order valence-corrected chi connectivity index (χ4v) is 2.29. The van der Waals surface area contributed by atoms with Crippen molar-refractivity contribution in [3.8, 4) is 0 Å². The number of hydrogen-bond acceptors (Lipinski definition) is 5. The van der Waals surface area contributed by atoms with E-state index in [2.05, 4.69) is 5.32 Å². The Morgan fingerprint density at radius 3 is 2.50 bits per heavy atom. The first-order chi connectivity index (χ1) is 12.2. The summed E-state index contributed by atoms with van der Waals surface area (Å²) in [7, 11) is 0. The molecule has 0 aliphatic carbocycles. The van der Waals surface area contributed by atoms with Gasteiger partial charge >= 0.3 is 11.7 Å². The molecule has 7 nitrogen and oxygen atoms in total. The van der Waals surface area contributed by atoms with Crippen LogP contribution in [-0.4, -0.2) is 22.9 Å². The lowest BCUT2D eigenvalue weighted by molar-refractivity contribution is -0.387. The maximum absolute atomic E-state index is 13.3. The molecule has 0 saturated carbocycles. The largest absolute Gasteiger partial charge is 0.449 e. The number of esters is 1. The summed E-state index contributed by atoms with van der Waals surface area (Å²) in [6.45, 7) is 5.01. The third-order valence-electron chi connectivity index (χ3n) is 3.67. The molecular formula is C18H17FN2O5. The maximum Gasteiger partial charge on any atom is 0.339 e. The molecule has 0 radical (unpaired) electrons. The average molecular weight is 360 g/mol. The van der Waals surface area contributed by atoms with E-state index in [-0.39, 0.29) is 5.69 Å². The molecule has 2 rings (SSSR count). The van der Waals surface area contributed by atoms with Crippen molar-refractivity contribution in [3.63, 3.8) is 0 Å². The van der Waals surface area contributed by atoms with Gasteiger partial charge in [-0.15, -0.1) is 0 Å². The highest BCUT2D eigenvalue weighted by Gasteiger charge is 2.21. The molecule has 2 aromatic carbocycles. The summed E-state index contributed by atoms with van der Waals surface area (Å²) in [5.41, 5.74) is 1.31. The third kappa shape index (κ3) is 4.41. The van der Waals surface area contributed by atoms with Crippen molar-refractivity contribution in [1.82, 2.24) is 0 Å². The number of nitrogens with one attached hydrogen (secondary N) is 1. The van der Waals surface area contributed by atoms with Crippen LogP contribution in [0.25, 0.3) is 0 Å². The molecule has 0 aliphatic rings. The Kier molecular flexibility index (Phi) is 5.66. The lowest BCUT2D eigenvalue weighted by atomic mass is 10.1. The fourth-order valence-electron chi connectivity index (χ4n) is 2.29. The Morgan fingerprint density at radius 1 is 1.19 bits per heavy atom. The molecule has 1 atom stereocenters. The zero-order valence-corrected chi connectivity index (χ0v) is 14.4. The molecule has 0 spiro atoms. The molecule has 8 heteroatoms. The standard InChI is InChI=1S/C18H17FN2O5/c1-10-4-6-14(11(2)8-10)18(23)26-12(3)17(22)20-13-5-7-15(19)16(9-13)21(24)25/h4-9,12H,1-3H3,(H,20,22)/t12-/m0/s1. The van der Waals surface area contributed by atoms with Crippen LogP contribution in [0.5, 0.6) is 0 Å². The topological polar surface area (TPSA) is 98.5 Å². The Labute approximate surface area is 148 Å². The minimum Gasteiger partial charge on any atom is -0.449 e. The van der Waals surface area contributed by atoms with E-state index in [0.29, 0.717) is 5.56 Å². The second-order valence-electron chi connectivity index (χ2n) is 5.78. The van der Waals surface area contributed by atoms with Crippen molar-refractivity contribution >= 4 is 23.3 Å². The van der Waals surface area contributed by atoms with Crippen LogP contribution in [0.15, 0.2) is 36.4 Å². The maximum atomic E-state index is 13.3. The molecule has 0 heterocycles. The Hall–Kier alpha value is -3.29. The summed E-state index contributed by atoms with van der Waals surface area (Å²) in [4.78, 5) is 34.2. The van der Waals surface area contributed by atoms with E-state index in [4.69, 9.17) is 4.74 Å². The SMILES string of the molecule is Cc1ccc(C(=O)O[C@@H](C)C(=O)Nc2ccc(F)c([N+](=O)[O-])c2)c(C)c1. The first-order valence-corrected chi connectivity index (χ1v) is 7.72. The van der Waals surface area contributed by atoms with E-state index in [0.717, 1.165) is 23.3 Å². The number of carbonyl (C=O) groups is 2. The molecule has 136 valence electrons. The molecule has 26 heavy (non-hydrogen) atoms. The van der Waals surface area contributed by atoms with Crippen LogP contribution in [0.2, 0.25) is 0 Å². The number of halogens is 1. The zero-order chi connectivity index (χ0) is 19.4. The number of ether oxygens (including phenoxy) is 1. The van der Waals surface area contributed by atoms with E-state index < -0.39 is 34.4 Å². The van der Waals surface area contributed by atoms with Gasteiger partial charge in [0.05, 0.1) is 10.5 Å². The number of nitro groups is 1. The highest BCUT2D eigenvalue weighted by molar-refractivity contribution is 5.98. The number of rotatable bonds is 5. The number of benzene rings is 2. The Morgan fingerprint density at radius 2 is 1.88 bits per heavy atom. The first-order valence-electron chi connectivity index (χ1n) is 7.72. The van der Waals surface area contributed by atoms with Gasteiger partial charge in [-0.1, -0.05) is 17.7 Å². The molecule has 0 fully saturated rings. The zero-order valence-electron chi connectivity index (χ0n) is 14.4. The Bertz CT molecular complexity index is 882. The predicted octanol–water partition coefficient (Wildman–Crippen LogP) is 3.53. The van der Waals surface area contributed by atoms with Crippen molar-refractivity contribution < 1.29 is 23.6 Å². The van der Waals surface area contributed by atoms with Crippen LogP contribution in [0.3, 0.4) is 0 Å². The molecule has 1 amide bonds. The van der Waals surface area contributed by atoms with Gasteiger partial charge in [0.2, 0.25) is 5.82 Å². The monoisotopic (exact) mass is 360 g/mol. The third-order valence-corrected chi connectivity index (χ3v) is 3.67. The van der Waals surface area contributed by atoms with Gasteiger partial charge in [0.25, 0.3) is 5.91 Å². The molecule has 0 bridgehead atoms. The number of nitrogens with zero attached hydrogens (tertiary/aromatic N) is 1. The number of aryl methyl sites for hydroxylation is 2. The molecule has 0 aromatic heterocycles. The lowest BCUT2D eigenvalue weighted by Crippen LogP contribution is -2.30. The van der Waals surface area contributed by atoms with Crippen LogP contribution in [0.1, 0.15) is 28.4 Å². The second-order valence-corrected chi connectivity index (χ2v) is 5.78. The van der Waals surface area contributed by atoms with Gasteiger partial charge in [0.1, 0.15) is 0 Å². The smallest absolute Gasteiger partial charge is 0.339 e. The van der Waals surface area contributed by atoms with Gasteiger partial charge in [-0.3, -0.25) is 14.9 Å². The quantitative estimate of drug-likeness (QED) is 0.500. The van der Waals surface area contributed by atoms with Crippen LogP contribution in [0.4, 0.5) is 15.8 Å². The molecular weight excluding hydrogens is 343 g/mol. The Balaban J connectivity index is 2.07. The molecule has 0 aliphatic heterocycles. The average Bonchev–Trinajstić information content (AvgIpc) is 2.55. The number of anilines is 1. The molecule has 2 aromatic rings. The number of nitro benzene ring substituents is 1. The van der Waals surface area contributed by atoms with Gasteiger partial charge in [-0.25, -0.2) is 4.79 Å². The van der Waals surface area contributed by atoms with Crippen LogP contribution < -0.4 is 5.32 Å². The minimum absolute atomic E-state index is 0.0255. The van der Waals surface area contributed by atoms with Gasteiger partial charge in [-0.05, 0) is 44.5 Å². The van der Waals surface area contributed by atoms with E-state index >= 15 is 0 Å². The van der Waals surface area contributed by atoms with E-state index in [1.54, 1.807) is 19.1 Å². The molecule has 1 N–H and O–H groups in total. The summed E-state index contributed by atoms with van der Waals surface area (Å²) < 4.78 is 18.5. The molecule has 0 unspecified atom stereocenters. The summed E-state index contributed by atoms with van der Waals surface area (Å²) in [5, 5.41) is 13.1. The van der Waals surface area contributed by atoms with Crippen LogP contribution >= 0.6 is 0 Å². The summed E-state index contributed by atoms with van der Waals surface area (Å²) >= 11 is 0. The first kappa shape index (κ1) is 19.0. The highest BCUT2D eigenvalue weighted by atomic mass is 19.1. The normalized spacial score (nSPS) is 11.5. The molecule has 0 saturated heterocycles. The number of amides is 1. The number of hydrogen-bond donors (Lipinski definition) is 1. The fraction of sp³-hybridized carbons (Fsp3) is 0.222. The van der Waals surface area contributed by atoms with Crippen LogP contribution in [0, 0.1) is 29.8 Å². The van der Waals surface area contributed by atoms with E-state index in [1.807, 2.05) is 13.0 Å². The second kappa shape index (κ2) is 7.73. The van der Waals surface area contributed by atoms with E-state index in [9.17, 15) is 24.1 Å². The summed E-state index contributed by atoms with van der Waals surface area (Å²) in [6, 6.07) is 8.14. The van der Waals surface area contributed by atoms with Gasteiger partial charge in [0, 0.05) is 11.8 Å². The van der Waals surface area contributed by atoms with Gasteiger partial charge in [-0.2, -0.15) is 4.39 Å². The van der Waals surface area contributed by atoms with Crippen molar-refractivity contribution in [1.29, 1.82) is 0 Å². The van der Waals surface area contributed by atoms with Gasteiger partial charge in [0.15, 0.2) is 6.10 Å². The van der Waals surface area contributed by atoms with Crippen LogP contribution in [-0.2, 0) is 9.53 Å². The van der Waals surface area contributed by atoms with Crippen molar-refractivity contribution in [2.24, 2.45) is 0 Å². The van der Waals surface area contributed by atoms with E-state index in [1.165, 1.54) is 13.0 Å².